The molecule has 34 heavy (non-hydrogen) atoms. The first kappa shape index (κ1) is 22.2. The Hall–Kier alpha value is -3.63. The molecular formula is C23H18ClN3O6S. The first-order valence-corrected chi connectivity index (χ1v) is 11.3. The molecule has 9 nitrogen and oxygen atoms in total. The molecular weight excluding hydrogens is 482 g/mol. The predicted octanol–water partition coefficient (Wildman–Crippen LogP) is 4.38. The number of carbonyl (C=O) groups is 1. The van der Waals surface area contributed by atoms with Crippen LogP contribution in [0.4, 0.5) is 5.13 Å². The summed E-state index contributed by atoms with van der Waals surface area (Å²) in [5.74, 6) is 0.568. The van der Waals surface area contributed by atoms with Gasteiger partial charge in [-0.25, -0.2) is 0 Å². The summed E-state index contributed by atoms with van der Waals surface area (Å²) in [5.41, 5.74) is 0.611. The molecule has 3 heterocycles. The maximum atomic E-state index is 13.7. The van der Waals surface area contributed by atoms with Gasteiger partial charge in [0.25, 0.3) is 5.91 Å². The first-order chi connectivity index (χ1) is 16.4. The maximum absolute atomic E-state index is 13.7. The molecule has 0 unspecified atom stereocenters. The largest absolute Gasteiger partial charge is 0.493 e. The number of methoxy groups -OCH3 is 3. The van der Waals surface area contributed by atoms with Gasteiger partial charge in [0.2, 0.25) is 16.6 Å². The molecule has 1 amide bonds. The fourth-order valence-corrected chi connectivity index (χ4v) is 4.99. The standard InChI is InChI=1S/C23H18ClN3O6S/c1-10-25-26-23(34-10)27-18(11-7-15(30-2)20(32-4)16(8-11)31-3)17-19(28)13-9-12(24)5-6-14(13)33-21(17)22(27)29/h5-9,18H,1-4H3/t18-/m0/s1. The molecule has 0 saturated carbocycles. The summed E-state index contributed by atoms with van der Waals surface area (Å²) < 4.78 is 22.4. The summed E-state index contributed by atoms with van der Waals surface area (Å²) >= 11 is 7.37. The van der Waals surface area contributed by atoms with E-state index in [0.29, 0.717) is 38.0 Å². The molecule has 0 fully saturated rings. The molecule has 0 saturated heterocycles. The van der Waals surface area contributed by atoms with Crippen LogP contribution in [0.15, 0.2) is 39.5 Å². The second-order valence-corrected chi connectivity index (χ2v) is 9.05. The van der Waals surface area contributed by atoms with Gasteiger partial charge in [-0.2, -0.15) is 0 Å². The van der Waals surface area contributed by atoms with Crippen molar-refractivity contribution in [3.8, 4) is 17.2 Å². The monoisotopic (exact) mass is 499 g/mol. The van der Waals surface area contributed by atoms with E-state index in [9.17, 15) is 9.59 Å². The van der Waals surface area contributed by atoms with E-state index in [2.05, 4.69) is 10.2 Å². The van der Waals surface area contributed by atoms with Gasteiger partial charge in [0.1, 0.15) is 10.6 Å². The Morgan fingerprint density at radius 1 is 1.03 bits per heavy atom. The topological polar surface area (TPSA) is 104 Å². The Balaban J connectivity index is 1.84. The van der Waals surface area contributed by atoms with E-state index in [1.807, 2.05) is 0 Å². The normalized spacial score (nSPS) is 15.0. The first-order valence-electron chi connectivity index (χ1n) is 10.1. The second kappa shape index (κ2) is 8.30. The summed E-state index contributed by atoms with van der Waals surface area (Å²) in [7, 11) is 4.48. The third kappa shape index (κ3) is 3.29. The number of hydrogen-bond acceptors (Lipinski definition) is 9. The Bertz CT molecular complexity index is 1490. The van der Waals surface area contributed by atoms with E-state index >= 15 is 0 Å². The summed E-state index contributed by atoms with van der Waals surface area (Å²) in [6, 6.07) is 7.20. The van der Waals surface area contributed by atoms with Gasteiger partial charge in [0.05, 0.1) is 38.3 Å². The Kier molecular flexibility index (Phi) is 5.41. The minimum absolute atomic E-state index is 0.0635. The van der Waals surface area contributed by atoms with Gasteiger partial charge < -0.3 is 18.6 Å². The molecule has 174 valence electrons. The van der Waals surface area contributed by atoms with Crippen LogP contribution in [0.5, 0.6) is 17.2 Å². The van der Waals surface area contributed by atoms with Crippen molar-refractivity contribution in [3.05, 3.63) is 67.5 Å². The number of hydrogen-bond donors (Lipinski definition) is 0. The highest BCUT2D eigenvalue weighted by molar-refractivity contribution is 7.15. The number of fused-ring (bicyclic) bond motifs is 2. The Morgan fingerprint density at radius 2 is 1.74 bits per heavy atom. The van der Waals surface area contributed by atoms with E-state index in [1.54, 1.807) is 31.2 Å². The van der Waals surface area contributed by atoms with Gasteiger partial charge in [-0.1, -0.05) is 22.9 Å². The van der Waals surface area contributed by atoms with Crippen LogP contribution in [0, 0.1) is 6.92 Å². The summed E-state index contributed by atoms with van der Waals surface area (Å²) in [6.45, 7) is 1.78. The molecule has 0 spiro atoms. The molecule has 1 aliphatic heterocycles. The van der Waals surface area contributed by atoms with Gasteiger partial charge >= 0.3 is 0 Å². The number of ether oxygens (including phenoxy) is 3. The van der Waals surface area contributed by atoms with Crippen molar-refractivity contribution in [3.63, 3.8) is 0 Å². The number of aromatic nitrogens is 2. The Morgan fingerprint density at radius 3 is 2.32 bits per heavy atom. The average molecular weight is 500 g/mol. The third-order valence-electron chi connectivity index (χ3n) is 5.56. The van der Waals surface area contributed by atoms with Gasteiger partial charge in [0, 0.05) is 5.02 Å². The molecule has 0 radical (unpaired) electrons. The maximum Gasteiger partial charge on any atom is 0.297 e. The van der Waals surface area contributed by atoms with Crippen LogP contribution >= 0.6 is 22.9 Å². The lowest BCUT2D eigenvalue weighted by atomic mass is 9.98. The van der Waals surface area contributed by atoms with E-state index in [-0.39, 0.29) is 27.7 Å². The van der Waals surface area contributed by atoms with Crippen LogP contribution in [0.3, 0.4) is 0 Å². The molecule has 2 aromatic carbocycles. The SMILES string of the molecule is COc1cc([C@H]2c3c(oc4ccc(Cl)cc4c3=O)C(=O)N2c2nnc(C)s2)cc(OC)c1OC. The average Bonchev–Trinajstić information content (AvgIpc) is 3.39. The fraction of sp³-hybridized carbons (Fsp3) is 0.217. The van der Waals surface area contributed by atoms with Crippen LogP contribution in [0.2, 0.25) is 5.02 Å². The van der Waals surface area contributed by atoms with Crippen LogP contribution < -0.4 is 24.5 Å². The zero-order valence-electron chi connectivity index (χ0n) is 18.5. The highest BCUT2D eigenvalue weighted by Gasteiger charge is 2.45. The van der Waals surface area contributed by atoms with Crippen molar-refractivity contribution < 1.29 is 23.4 Å². The molecule has 0 bridgehead atoms. The van der Waals surface area contributed by atoms with Crippen molar-refractivity contribution in [1.29, 1.82) is 0 Å². The number of anilines is 1. The van der Waals surface area contributed by atoms with Crippen LogP contribution in [0.25, 0.3) is 11.0 Å². The van der Waals surface area contributed by atoms with E-state index in [4.69, 9.17) is 30.2 Å². The highest BCUT2D eigenvalue weighted by atomic mass is 35.5. The van der Waals surface area contributed by atoms with Gasteiger partial charge in [0.15, 0.2) is 16.9 Å². The van der Waals surface area contributed by atoms with E-state index in [0.717, 1.165) is 0 Å². The lowest BCUT2D eigenvalue weighted by Crippen LogP contribution is -2.29. The van der Waals surface area contributed by atoms with Crippen molar-refractivity contribution in [1.82, 2.24) is 10.2 Å². The number of aryl methyl sites for hydroxylation is 1. The van der Waals surface area contributed by atoms with Gasteiger partial charge in [-0.15, -0.1) is 10.2 Å². The number of rotatable bonds is 5. The quantitative estimate of drug-likeness (QED) is 0.398. The molecule has 0 aliphatic carbocycles. The van der Waals surface area contributed by atoms with Crippen molar-refractivity contribution in [2.45, 2.75) is 13.0 Å². The Labute approximate surface area is 202 Å². The lowest BCUT2D eigenvalue weighted by Gasteiger charge is -2.23. The molecule has 4 aromatic rings. The van der Waals surface area contributed by atoms with Gasteiger partial charge in [-0.3, -0.25) is 14.5 Å². The molecule has 0 N–H and O–H groups in total. The molecule has 11 heteroatoms. The number of nitrogens with zero attached hydrogens (tertiary/aromatic N) is 3. The molecule has 5 rings (SSSR count). The number of carbonyl (C=O) groups excluding carboxylic acids is 1. The zero-order valence-corrected chi connectivity index (χ0v) is 20.1. The zero-order chi connectivity index (χ0) is 24.1. The second-order valence-electron chi connectivity index (χ2n) is 7.45. The summed E-state index contributed by atoms with van der Waals surface area (Å²) in [6.07, 6.45) is 0. The van der Waals surface area contributed by atoms with Gasteiger partial charge in [-0.05, 0) is 42.8 Å². The summed E-state index contributed by atoms with van der Waals surface area (Å²) in [5, 5.41) is 9.85. The minimum atomic E-state index is -0.872. The number of halogens is 1. The lowest BCUT2D eigenvalue weighted by molar-refractivity contribution is 0.0970. The number of benzene rings is 2. The molecule has 2 aromatic heterocycles. The summed E-state index contributed by atoms with van der Waals surface area (Å²) in [4.78, 5) is 28.7. The van der Waals surface area contributed by atoms with E-state index < -0.39 is 11.9 Å². The molecule has 1 aliphatic rings. The highest BCUT2D eigenvalue weighted by Crippen LogP contribution is 2.46. The fourth-order valence-electron chi connectivity index (χ4n) is 4.10. The predicted molar refractivity (Wildman–Crippen MR) is 127 cm³/mol. The van der Waals surface area contributed by atoms with Crippen LogP contribution in [0.1, 0.15) is 32.7 Å². The minimum Gasteiger partial charge on any atom is -0.493 e. The molecule has 1 atom stereocenters. The van der Waals surface area contributed by atoms with Crippen LogP contribution in [-0.4, -0.2) is 37.4 Å². The van der Waals surface area contributed by atoms with Crippen LogP contribution in [-0.2, 0) is 0 Å². The number of amides is 1. The van der Waals surface area contributed by atoms with Crippen molar-refractivity contribution >= 4 is 44.9 Å². The smallest absolute Gasteiger partial charge is 0.297 e. The van der Waals surface area contributed by atoms with Crippen molar-refractivity contribution in [2.75, 3.05) is 26.2 Å². The third-order valence-corrected chi connectivity index (χ3v) is 6.63. The van der Waals surface area contributed by atoms with E-state index in [1.165, 1.54) is 43.6 Å². The van der Waals surface area contributed by atoms with Crippen molar-refractivity contribution in [2.24, 2.45) is 0 Å².